The molecule has 2 aliphatic rings. The average Bonchev–Trinajstić information content (AvgIpc) is 3.07. The Bertz CT molecular complexity index is 665. The van der Waals surface area contributed by atoms with Gasteiger partial charge in [0.1, 0.15) is 0 Å². The number of nitrogens with one attached hydrogen (secondary N) is 2. The van der Waals surface area contributed by atoms with E-state index in [1.54, 1.807) is 0 Å². The molecule has 5 nitrogen and oxygen atoms in total. The van der Waals surface area contributed by atoms with Gasteiger partial charge in [0.15, 0.2) is 0 Å². The average molecular weight is 284 g/mol. The number of hydrogen-bond donors (Lipinski definition) is 2. The molecule has 0 bridgehead atoms. The summed E-state index contributed by atoms with van der Waals surface area (Å²) in [5.41, 5.74) is 2.46. The third-order valence-corrected chi connectivity index (χ3v) is 4.62. The molecule has 0 aliphatic carbocycles. The molecule has 0 radical (unpaired) electrons. The number of piperazine rings is 1. The highest BCUT2D eigenvalue weighted by Crippen LogP contribution is 2.21. The van der Waals surface area contributed by atoms with Crippen LogP contribution in [0.15, 0.2) is 30.5 Å². The lowest BCUT2D eigenvalue weighted by molar-refractivity contribution is 0.179. The summed E-state index contributed by atoms with van der Waals surface area (Å²) in [5, 5.41) is 4.63. The Morgan fingerprint density at radius 2 is 2.19 bits per heavy atom. The number of nitrogens with zero attached hydrogens (tertiary/aromatic N) is 2. The van der Waals surface area contributed by atoms with Crippen molar-refractivity contribution in [2.45, 2.75) is 12.5 Å². The van der Waals surface area contributed by atoms with Crippen LogP contribution in [0.4, 0.5) is 4.79 Å². The van der Waals surface area contributed by atoms with Crippen molar-refractivity contribution in [2.24, 2.45) is 0 Å². The fraction of sp³-hybridized carbons (Fsp3) is 0.438. The molecular weight excluding hydrogens is 264 g/mol. The Balaban J connectivity index is 1.46. The van der Waals surface area contributed by atoms with Gasteiger partial charge in [0, 0.05) is 49.8 Å². The first-order valence-electron chi connectivity index (χ1n) is 7.64. The molecule has 2 saturated heterocycles. The molecule has 2 aromatic rings. The number of rotatable bonds is 3. The van der Waals surface area contributed by atoms with Crippen LogP contribution < -0.4 is 5.32 Å². The van der Waals surface area contributed by atoms with Crippen LogP contribution in [0.5, 0.6) is 0 Å². The second-order valence-electron chi connectivity index (χ2n) is 5.89. The minimum absolute atomic E-state index is 0.210. The number of H-pyrrole nitrogens is 1. The zero-order valence-electron chi connectivity index (χ0n) is 12.0. The Morgan fingerprint density at radius 3 is 3.10 bits per heavy atom. The monoisotopic (exact) mass is 284 g/mol. The van der Waals surface area contributed by atoms with E-state index >= 15 is 0 Å². The quantitative estimate of drug-likeness (QED) is 0.895. The highest BCUT2D eigenvalue weighted by molar-refractivity contribution is 5.83. The minimum Gasteiger partial charge on any atom is -0.361 e. The molecule has 0 unspecified atom stereocenters. The van der Waals surface area contributed by atoms with Crippen LogP contribution in [0.25, 0.3) is 10.9 Å². The fourth-order valence-corrected chi connectivity index (χ4v) is 3.47. The standard InChI is InChI=1S/C16H20N4O/c21-16-19(11-13-10-17-6-8-20(13)16)7-5-12-9-18-15-4-2-1-3-14(12)15/h1-4,9,13,17-18H,5-8,10-11H2/t13-/m1/s1. The van der Waals surface area contributed by atoms with E-state index in [0.29, 0.717) is 6.04 Å². The van der Waals surface area contributed by atoms with Gasteiger partial charge in [-0.2, -0.15) is 0 Å². The van der Waals surface area contributed by atoms with Gasteiger partial charge in [-0.3, -0.25) is 0 Å². The molecule has 1 aromatic carbocycles. The highest BCUT2D eigenvalue weighted by Gasteiger charge is 2.37. The van der Waals surface area contributed by atoms with Crippen LogP contribution >= 0.6 is 0 Å². The van der Waals surface area contributed by atoms with Gasteiger partial charge in [-0.05, 0) is 18.1 Å². The van der Waals surface area contributed by atoms with Crippen molar-refractivity contribution >= 4 is 16.9 Å². The Kier molecular flexibility index (Phi) is 3.07. The summed E-state index contributed by atoms with van der Waals surface area (Å²) in [6, 6.07) is 8.89. The first-order valence-corrected chi connectivity index (χ1v) is 7.64. The van der Waals surface area contributed by atoms with Crippen LogP contribution in [0.3, 0.4) is 0 Å². The van der Waals surface area contributed by atoms with Gasteiger partial charge in [-0.25, -0.2) is 4.79 Å². The third kappa shape index (κ3) is 2.17. The molecule has 1 aromatic heterocycles. The van der Waals surface area contributed by atoms with E-state index in [-0.39, 0.29) is 6.03 Å². The number of amides is 2. The number of benzene rings is 1. The van der Waals surface area contributed by atoms with Crippen LogP contribution in [-0.4, -0.2) is 59.6 Å². The Morgan fingerprint density at radius 1 is 1.29 bits per heavy atom. The third-order valence-electron chi connectivity index (χ3n) is 4.62. The van der Waals surface area contributed by atoms with Gasteiger partial charge in [0.2, 0.25) is 0 Å². The number of carbonyl (C=O) groups is 1. The number of aromatic nitrogens is 1. The van der Waals surface area contributed by atoms with E-state index in [1.165, 1.54) is 16.5 Å². The van der Waals surface area contributed by atoms with Crippen molar-refractivity contribution in [2.75, 3.05) is 32.7 Å². The molecule has 4 rings (SSSR count). The maximum atomic E-state index is 12.4. The lowest BCUT2D eigenvalue weighted by atomic mass is 10.1. The molecule has 1 atom stereocenters. The van der Waals surface area contributed by atoms with Crippen LogP contribution in [0.1, 0.15) is 5.56 Å². The van der Waals surface area contributed by atoms with E-state index in [1.807, 2.05) is 15.9 Å². The molecule has 0 saturated carbocycles. The predicted molar refractivity (Wildman–Crippen MR) is 82.3 cm³/mol. The van der Waals surface area contributed by atoms with Crippen molar-refractivity contribution in [3.8, 4) is 0 Å². The van der Waals surface area contributed by atoms with Gasteiger partial charge < -0.3 is 20.1 Å². The Labute approximate surface area is 123 Å². The summed E-state index contributed by atoms with van der Waals surface area (Å²) in [4.78, 5) is 19.7. The molecule has 0 spiro atoms. The Hall–Kier alpha value is -2.01. The maximum absolute atomic E-state index is 12.4. The van der Waals surface area contributed by atoms with Gasteiger partial charge in [-0.1, -0.05) is 18.2 Å². The topological polar surface area (TPSA) is 51.4 Å². The molecule has 2 fully saturated rings. The van der Waals surface area contributed by atoms with Crippen LogP contribution in [-0.2, 0) is 6.42 Å². The van der Waals surface area contributed by atoms with Crippen molar-refractivity contribution < 1.29 is 4.79 Å². The van der Waals surface area contributed by atoms with E-state index in [0.717, 1.165) is 39.1 Å². The lowest BCUT2D eigenvalue weighted by Gasteiger charge is -2.28. The molecule has 3 heterocycles. The van der Waals surface area contributed by atoms with Crippen molar-refractivity contribution in [1.29, 1.82) is 0 Å². The molecule has 2 aliphatic heterocycles. The van der Waals surface area contributed by atoms with E-state index in [2.05, 4.69) is 34.7 Å². The maximum Gasteiger partial charge on any atom is 0.320 e. The number of urea groups is 1. The first-order chi connectivity index (χ1) is 10.3. The highest BCUT2D eigenvalue weighted by atomic mass is 16.2. The van der Waals surface area contributed by atoms with Gasteiger partial charge >= 0.3 is 6.03 Å². The van der Waals surface area contributed by atoms with Gasteiger partial charge in [0.25, 0.3) is 0 Å². The summed E-state index contributed by atoms with van der Waals surface area (Å²) in [6.07, 6.45) is 2.98. The number of para-hydroxylation sites is 1. The lowest BCUT2D eigenvalue weighted by Crippen LogP contribution is -2.49. The zero-order chi connectivity index (χ0) is 14.2. The second-order valence-corrected chi connectivity index (χ2v) is 5.89. The van der Waals surface area contributed by atoms with Gasteiger partial charge in [0.05, 0.1) is 6.04 Å². The van der Waals surface area contributed by atoms with E-state index in [9.17, 15) is 4.79 Å². The van der Waals surface area contributed by atoms with E-state index < -0.39 is 0 Å². The van der Waals surface area contributed by atoms with Crippen LogP contribution in [0, 0.1) is 0 Å². The van der Waals surface area contributed by atoms with Crippen LogP contribution in [0.2, 0.25) is 0 Å². The molecule has 2 N–H and O–H groups in total. The molecule has 110 valence electrons. The molecule has 2 amide bonds. The second kappa shape index (κ2) is 5.07. The van der Waals surface area contributed by atoms with Crippen molar-refractivity contribution in [1.82, 2.24) is 20.1 Å². The van der Waals surface area contributed by atoms with Gasteiger partial charge in [-0.15, -0.1) is 0 Å². The number of carbonyl (C=O) groups excluding carboxylic acids is 1. The summed E-state index contributed by atoms with van der Waals surface area (Å²) in [7, 11) is 0. The summed E-state index contributed by atoms with van der Waals surface area (Å²) in [5.74, 6) is 0. The first kappa shape index (κ1) is 12.7. The summed E-state index contributed by atoms with van der Waals surface area (Å²) in [6.45, 7) is 4.34. The smallest absolute Gasteiger partial charge is 0.320 e. The summed E-state index contributed by atoms with van der Waals surface area (Å²) >= 11 is 0. The summed E-state index contributed by atoms with van der Waals surface area (Å²) < 4.78 is 0. The number of hydrogen-bond acceptors (Lipinski definition) is 2. The van der Waals surface area contributed by atoms with Crippen molar-refractivity contribution in [3.05, 3.63) is 36.0 Å². The normalized spacial score (nSPS) is 22.1. The largest absolute Gasteiger partial charge is 0.361 e. The minimum atomic E-state index is 0.210. The molecular formula is C16H20N4O. The number of fused-ring (bicyclic) bond motifs is 2. The SMILES string of the molecule is O=C1N(CCc2c[nH]c3ccccc23)C[C@H]2CNCCN12. The van der Waals surface area contributed by atoms with E-state index in [4.69, 9.17) is 0 Å². The zero-order valence-corrected chi connectivity index (χ0v) is 12.0. The molecule has 21 heavy (non-hydrogen) atoms. The molecule has 5 heteroatoms. The van der Waals surface area contributed by atoms with Crippen molar-refractivity contribution in [3.63, 3.8) is 0 Å². The predicted octanol–water partition coefficient (Wildman–Crippen LogP) is 1.42. The fourth-order valence-electron chi connectivity index (χ4n) is 3.47. The number of aromatic amines is 1.